The molecule has 9 aromatic rings. The van der Waals surface area contributed by atoms with Crippen LogP contribution in [0.3, 0.4) is 0 Å². The summed E-state index contributed by atoms with van der Waals surface area (Å²) >= 11 is 0. The number of aromatic hydroxyl groups is 1. The molecule has 0 spiro atoms. The first-order valence-corrected chi connectivity index (χ1v) is 20.1. The Morgan fingerprint density at radius 3 is 1.58 bits per heavy atom. The second-order valence-corrected chi connectivity index (χ2v) is 15.7. The highest BCUT2D eigenvalue weighted by Crippen LogP contribution is 2.40. The molecule has 7 aromatic carbocycles. The molecule has 0 aliphatic heterocycles. The lowest BCUT2D eigenvalue weighted by molar-refractivity contribution is 0.476. The van der Waals surface area contributed by atoms with Crippen LogP contribution in [0, 0.1) is 0 Å². The molecule has 9 rings (SSSR count). The monoisotopic (exact) mass is 760 g/mol. The summed E-state index contributed by atoms with van der Waals surface area (Å²) < 4.78 is 0. The molecule has 3 nitrogen and oxygen atoms in total. The lowest BCUT2D eigenvalue weighted by Crippen LogP contribution is -2.18. The van der Waals surface area contributed by atoms with Gasteiger partial charge in [0.05, 0.1) is 17.1 Å². The molecule has 0 radical (unpaired) electrons. The summed E-state index contributed by atoms with van der Waals surface area (Å²) in [7, 11) is 0. The zero-order valence-electron chi connectivity index (χ0n) is 33.3. The van der Waals surface area contributed by atoms with Crippen LogP contribution in [-0.2, 0) is 11.8 Å². The maximum atomic E-state index is 11.6. The van der Waals surface area contributed by atoms with Crippen molar-refractivity contribution in [1.29, 1.82) is 0 Å². The largest absolute Gasteiger partial charge is 0.507 e. The molecule has 0 fully saturated rings. The quantitative estimate of drug-likeness (QED) is 0.151. The second kappa shape index (κ2) is 16.2. The third-order valence-electron chi connectivity index (χ3n) is 11.4. The highest BCUT2D eigenvalue weighted by molar-refractivity contribution is 5.84. The van der Waals surface area contributed by atoms with Crippen LogP contribution >= 0.6 is 0 Å². The number of phenolic OH excluding ortho intramolecular Hbond substituents is 1. The first kappa shape index (κ1) is 37.2. The van der Waals surface area contributed by atoms with Crippen molar-refractivity contribution >= 4 is 0 Å². The van der Waals surface area contributed by atoms with Gasteiger partial charge >= 0.3 is 0 Å². The highest BCUT2D eigenvalue weighted by atomic mass is 16.3. The third kappa shape index (κ3) is 8.10. The molecule has 0 unspecified atom stereocenters. The Balaban J connectivity index is 1.21. The van der Waals surface area contributed by atoms with E-state index in [-0.39, 0.29) is 11.2 Å². The fraction of sp³-hybridized carbons (Fsp3) is 0.0714. The minimum atomic E-state index is -0.307. The fourth-order valence-corrected chi connectivity index (χ4v) is 7.90. The predicted octanol–water partition coefficient (Wildman–Crippen LogP) is 14.1. The van der Waals surface area contributed by atoms with Crippen molar-refractivity contribution in [3.63, 3.8) is 0 Å². The van der Waals surface area contributed by atoms with Gasteiger partial charge in [0.25, 0.3) is 0 Å². The van der Waals surface area contributed by atoms with Gasteiger partial charge in [-0.25, -0.2) is 4.98 Å². The molecule has 0 saturated carbocycles. The number of hydrogen-bond donors (Lipinski definition) is 1. The molecule has 0 bridgehead atoms. The van der Waals surface area contributed by atoms with Crippen LogP contribution < -0.4 is 0 Å². The Hall–Kier alpha value is -7.36. The first-order valence-electron chi connectivity index (χ1n) is 20.1. The summed E-state index contributed by atoms with van der Waals surface area (Å²) in [5.74, 6) is 0.187. The summed E-state index contributed by atoms with van der Waals surface area (Å²) in [5, 5.41) is 11.6. The molecule has 0 atom stereocenters. The zero-order chi connectivity index (χ0) is 40.2. The van der Waals surface area contributed by atoms with Crippen LogP contribution in [0.15, 0.2) is 212 Å². The van der Waals surface area contributed by atoms with E-state index >= 15 is 0 Å². The summed E-state index contributed by atoms with van der Waals surface area (Å²) in [5.41, 5.74) is 16.0. The van der Waals surface area contributed by atoms with E-state index in [0.717, 1.165) is 67.9 Å². The summed E-state index contributed by atoms with van der Waals surface area (Å²) in [6.45, 7) is 4.45. The highest BCUT2D eigenvalue weighted by Gasteiger charge is 2.25. The average Bonchev–Trinajstić information content (AvgIpc) is 3.30. The Kier molecular flexibility index (Phi) is 10.3. The van der Waals surface area contributed by atoms with Gasteiger partial charge in [-0.3, -0.25) is 4.98 Å². The van der Waals surface area contributed by atoms with Gasteiger partial charge in [-0.2, -0.15) is 0 Å². The van der Waals surface area contributed by atoms with Crippen molar-refractivity contribution in [2.24, 2.45) is 0 Å². The molecular weight excluding hydrogens is 717 g/mol. The number of nitrogens with zero attached hydrogens (tertiary/aromatic N) is 2. The molecule has 0 aliphatic rings. The van der Waals surface area contributed by atoms with E-state index < -0.39 is 0 Å². The van der Waals surface area contributed by atoms with Crippen molar-refractivity contribution < 1.29 is 5.11 Å². The van der Waals surface area contributed by atoms with E-state index in [0.29, 0.717) is 11.3 Å². The molecule has 3 heteroatoms. The molecule has 0 saturated heterocycles. The number of hydrogen-bond acceptors (Lipinski definition) is 3. The van der Waals surface area contributed by atoms with Gasteiger partial charge in [0, 0.05) is 28.3 Å². The minimum Gasteiger partial charge on any atom is -0.507 e. The number of benzene rings is 7. The maximum Gasteiger partial charge on any atom is 0.124 e. The molecule has 2 aromatic heterocycles. The molecule has 59 heavy (non-hydrogen) atoms. The molecule has 1 N–H and O–H groups in total. The molecular formula is C56H44N2O. The van der Waals surface area contributed by atoms with Gasteiger partial charge in [-0.1, -0.05) is 166 Å². The van der Waals surface area contributed by atoms with Crippen molar-refractivity contribution in [2.45, 2.75) is 25.7 Å². The van der Waals surface area contributed by atoms with Gasteiger partial charge in [-0.05, 0) is 117 Å². The molecule has 0 amide bonds. The number of phenols is 1. The van der Waals surface area contributed by atoms with Crippen molar-refractivity contribution in [3.8, 4) is 72.9 Å². The average molecular weight is 761 g/mol. The number of aromatic nitrogens is 2. The summed E-state index contributed by atoms with van der Waals surface area (Å²) in [4.78, 5) is 10.3. The van der Waals surface area contributed by atoms with Gasteiger partial charge in [-0.15, -0.1) is 0 Å². The third-order valence-corrected chi connectivity index (χ3v) is 11.4. The van der Waals surface area contributed by atoms with Crippen molar-refractivity contribution in [1.82, 2.24) is 9.97 Å². The van der Waals surface area contributed by atoms with E-state index in [1.807, 2.05) is 30.5 Å². The van der Waals surface area contributed by atoms with Gasteiger partial charge in [0.15, 0.2) is 0 Å². The SMILES string of the molecule is CC(C)(c1ccccc1)c1ccc(O)c(-c2cc(-c3ccc(Cc4ccccc4)cc3)cc(-c3cc(-c4ccccc4)cc(-c4cc(-c5ccccc5)ccn4)c3)n2)c1. The summed E-state index contributed by atoms with van der Waals surface area (Å²) in [6, 6.07) is 71.8. The van der Waals surface area contributed by atoms with Crippen LogP contribution in [0.1, 0.15) is 36.1 Å². The van der Waals surface area contributed by atoms with E-state index in [9.17, 15) is 5.11 Å². The van der Waals surface area contributed by atoms with Gasteiger partial charge in [0.2, 0.25) is 0 Å². The van der Waals surface area contributed by atoms with Gasteiger partial charge in [0.1, 0.15) is 5.75 Å². The molecule has 2 heterocycles. The zero-order valence-corrected chi connectivity index (χ0v) is 33.3. The van der Waals surface area contributed by atoms with Crippen LogP contribution in [-0.4, -0.2) is 15.1 Å². The van der Waals surface area contributed by atoms with Crippen LogP contribution in [0.4, 0.5) is 0 Å². The lowest BCUT2D eigenvalue weighted by atomic mass is 9.77. The van der Waals surface area contributed by atoms with E-state index in [2.05, 4.69) is 190 Å². The van der Waals surface area contributed by atoms with E-state index in [4.69, 9.17) is 9.97 Å². The summed E-state index contributed by atoms with van der Waals surface area (Å²) in [6.07, 6.45) is 2.75. The molecule has 284 valence electrons. The normalized spacial score (nSPS) is 11.4. The van der Waals surface area contributed by atoms with Crippen LogP contribution in [0.5, 0.6) is 5.75 Å². The Labute approximate surface area is 347 Å². The smallest absolute Gasteiger partial charge is 0.124 e. The van der Waals surface area contributed by atoms with Gasteiger partial charge < -0.3 is 5.11 Å². The van der Waals surface area contributed by atoms with E-state index in [1.54, 1.807) is 6.07 Å². The van der Waals surface area contributed by atoms with Crippen molar-refractivity contribution in [3.05, 3.63) is 235 Å². The van der Waals surface area contributed by atoms with Crippen molar-refractivity contribution in [2.75, 3.05) is 0 Å². The van der Waals surface area contributed by atoms with Crippen LogP contribution in [0.2, 0.25) is 0 Å². The Morgan fingerprint density at radius 1 is 0.390 bits per heavy atom. The Bertz CT molecular complexity index is 2850. The molecule has 0 aliphatic carbocycles. The number of pyridine rings is 2. The van der Waals surface area contributed by atoms with Crippen LogP contribution in [0.25, 0.3) is 67.2 Å². The fourth-order valence-electron chi connectivity index (χ4n) is 7.90. The maximum absolute atomic E-state index is 11.6. The minimum absolute atomic E-state index is 0.187. The Morgan fingerprint density at radius 2 is 0.898 bits per heavy atom. The second-order valence-electron chi connectivity index (χ2n) is 15.7. The van der Waals surface area contributed by atoms with E-state index in [1.165, 1.54) is 16.7 Å². The number of rotatable bonds is 10. The lowest BCUT2D eigenvalue weighted by Gasteiger charge is -2.27. The first-order chi connectivity index (χ1) is 28.9. The standard InChI is InChI=1S/C56H44N2O/c1-56(2,49-21-13-6-14-22-49)50-27-28-55(59)51(38-50)54-37-46(43-25-23-40(24-26-43)31-39-15-7-3-8-16-39)36-53(58-54)48-33-45(42-19-11-5-12-20-42)32-47(34-48)52-35-44(29-30-57-52)41-17-9-4-10-18-41/h3-30,32-38,59H,31H2,1-2H3. The predicted molar refractivity (Wildman–Crippen MR) is 244 cm³/mol. The topological polar surface area (TPSA) is 46.0 Å².